The number of rotatable bonds is 15. The predicted octanol–water partition coefficient (Wildman–Crippen LogP) is 8.35. The van der Waals surface area contributed by atoms with Crippen LogP contribution in [0.4, 0.5) is 0 Å². The van der Waals surface area contributed by atoms with Crippen molar-refractivity contribution in [1.82, 2.24) is 4.98 Å². The highest BCUT2D eigenvalue weighted by atomic mass is 16.6. The van der Waals surface area contributed by atoms with Crippen molar-refractivity contribution < 1.29 is 28.6 Å². The van der Waals surface area contributed by atoms with Crippen LogP contribution in [0.15, 0.2) is 103 Å². The van der Waals surface area contributed by atoms with Crippen LogP contribution in [0.25, 0.3) is 10.9 Å². The summed E-state index contributed by atoms with van der Waals surface area (Å²) >= 11 is 0. The molecule has 0 aliphatic heterocycles. The quantitative estimate of drug-likeness (QED) is 0.0922. The van der Waals surface area contributed by atoms with E-state index >= 15 is 0 Å². The van der Waals surface area contributed by atoms with E-state index in [0.29, 0.717) is 41.2 Å². The highest BCUT2D eigenvalue weighted by Crippen LogP contribution is 2.29. The van der Waals surface area contributed by atoms with E-state index in [4.69, 9.17) is 14.2 Å². The van der Waals surface area contributed by atoms with Gasteiger partial charge in [0.2, 0.25) is 6.10 Å². The number of carbonyl (C=O) groups is 3. The average molecular weight is 632 g/mol. The fraction of sp³-hybridized carbons (Fsp3) is 0.275. The molecule has 0 amide bonds. The van der Waals surface area contributed by atoms with E-state index in [-0.39, 0.29) is 31.4 Å². The molecule has 1 atom stereocenters. The van der Waals surface area contributed by atoms with E-state index in [1.165, 1.54) is 5.56 Å². The first-order chi connectivity index (χ1) is 22.8. The molecule has 4 aromatic carbocycles. The summed E-state index contributed by atoms with van der Waals surface area (Å²) in [5.41, 5.74) is 5.52. The first-order valence-electron chi connectivity index (χ1n) is 16.2. The van der Waals surface area contributed by atoms with Gasteiger partial charge in [0.05, 0.1) is 12.2 Å². The number of fused-ring (bicyclic) bond motifs is 1. The molecule has 0 aliphatic rings. The van der Waals surface area contributed by atoms with Gasteiger partial charge >= 0.3 is 11.9 Å². The standard InChI is InChI=1S/C40H41NO6/c1-4-45-40(44)39(31-19-17-28(18-20-31)25-27(2)3)47-32-23-21-30(22-24-32)38(43)37-33-13-8-9-14-34(33)41-35(37)15-10-16-36(42)46-26-29-11-6-5-7-12-29/h5-9,11-14,17-24,27,39,41H,4,10,15-16,25-26H2,1-3H3. The second kappa shape index (κ2) is 15.9. The van der Waals surface area contributed by atoms with E-state index < -0.39 is 12.1 Å². The Kier molecular flexibility index (Phi) is 11.2. The summed E-state index contributed by atoms with van der Waals surface area (Å²) in [5.74, 6) is 0.0727. The number of nitrogens with one attached hydrogen (secondary N) is 1. The Hall–Kier alpha value is -5.17. The summed E-state index contributed by atoms with van der Waals surface area (Å²) < 4.78 is 16.9. The molecule has 7 nitrogen and oxygen atoms in total. The van der Waals surface area contributed by atoms with E-state index in [1.807, 2.05) is 78.9 Å². The highest BCUT2D eigenvalue weighted by Gasteiger charge is 2.25. The zero-order valence-electron chi connectivity index (χ0n) is 27.2. The summed E-state index contributed by atoms with van der Waals surface area (Å²) in [6.07, 6.45) is 1.28. The molecule has 1 N–H and O–H groups in total. The zero-order chi connectivity index (χ0) is 33.2. The third-order valence-electron chi connectivity index (χ3n) is 7.86. The number of para-hydroxylation sites is 1. The molecule has 1 unspecified atom stereocenters. The maximum atomic E-state index is 13.9. The molecule has 5 aromatic rings. The van der Waals surface area contributed by atoms with Crippen molar-refractivity contribution in [2.75, 3.05) is 6.61 Å². The fourth-order valence-corrected chi connectivity index (χ4v) is 5.60. The molecule has 5 rings (SSSR count). The molecule has 0 spiro atoms. The van der Waals surface area contributed by atoms with Crippen LogP contribution < -0.4 is 4.74 Å². The first kappa shape index (κ1) is 33.2. The van der Waals surface area contributed by atoms with Gasteiger partial charge in [-0.2, -0.15) is 0 Å². The van der Waals surface area contributed by atoms with Crippen LogP contribution in [0.3, 0.4) is 0 Å². The summed E-state index contributed by atoms with van der Waals surface area (Å²) in [5, 5.41) is 0.822. The maximum absolute atomic E-state index is 13.9. The summed E-state index contributed by atoms with van der Waals surface area (Å²) in [4.78, 5) is 42.6. The van der Waals surface area contributed by atoms with Crippen molar-refractivity contribution in [3.8, 4) is 5.75 Å². The molecule has 47 heavy (non-hydrogen) atoms. The average Bonchev–Trinajstić information content (AvgIpc) is 3.45. The van der Waals surface area contributed by atoms with Gasteiger partial charge < -0.3 is 19.2 Å². The Morgan fingerprint density at radius 3 is 2.17 bits per heavy atom. The lowest BCUT2D eigenvalue weighted by Crippen LogP contribution is -2.21. The van der Waals surface area contributed by atoms with Gasteiger partial charge in [0.25, 0.3) is 0 Å². The first-order valence-corrected chi connectivity index (χ1v) is 16.2. The summed E-state index contributed by atoms with van der Waals surface area (Å²) in [6.45, 7) is 6.57. The lowest BCUT2D eigenvalue weighted by Gasteiger charge is -2.19. The van der Waals surface area contributed by atoms with Crippen molar-refractivity contribution in [2.45, 2.75) is 59.2 Å². The topological polar surface area (TPSA) is 94.7 Å². The van der Waals surface area contributed by atoms with Crippen molar-refractivity contribution in [2.24, 2.45) is 5.92 Å². The number of carbonyl (C=O) groups excluding carboxylic acids is 3. The van der Waals surface area contributed by atoms with Gasteiger partial charge in [-0.1, -0.05) is 86.6 Å². The Morgan fingerprint density at radius 1 is 0.766 bits per heavy atom. The van der Waals surface area contributed by atoms with Gasteiger partial charge in [-0.15, -0.1) is 0 Å². The van der Waals surface area contributed by atoms with Crippen LogP contribution in [-0.2, 0) is 38.5 Å². The zero-order valence-corrected chi connectivity index (χ0v) is 27.2. The van der Waals surface area contributed by atoms with E-state index in [9.17, 15) is 14.4 Å². The summed E-state index contributed by atoms with van der Waals surface area (Å²) in [6, 6.07) is 31.9. The van der Waals surface area contributed by atoms with Gasteiger partial charge in [-0.05, 0) is 73.6 Å². The molecule has 0 saturated carbocycles. The van der Waals surface area contributed by atoms with Gasteiger partial charge in [0, 0.05) is 34.1 Å². The molecule has 0 fully saturated rings. The third-order valence-corrected chi connectivity index (χ3v) is 7.86. The molecule has 0 saturated heterocycles. The Labute approximate surface area is 275 Å². The van der Waals surface area contributed by atoms with Crippen LogP contribution in [0.5, 0.6) is 5.75 Å². The molecule has 7 heteroatoms. The number of hydrogen-bond donors (Lipinski definition) is 1. The molecule has 242 valence electrons. The van der Waals surface area contributed by atoms with E-state index in [2.05, 4.69) is 18.8 Å². The van der Waals surface area contributed by atoms with Crippen LogP contribution >= 0.6 is 0 Å². The lowest BCUT2D eigenvalue weighted by molar-refractivity contribution is -0.151. The third kappa shape index (κ3) is 8.76. The van der Waals surface area contributed by atoms with E-state index in [1.54, 1.807) is 31.2 Å². The molecule has 1 aromatic heterocycles. The monoisotopic (exact) mass is 631 g/mol. The largest absolute Gasteiger partial charge is 0.474 e. The van der Waals surface area contributed by atoms with Gasteiger partial charge in [-0.25, -0.2) is 4.79 Å². The van der Waals surface area contributed by atoms with Gasteiger partial charge in [0.1, 0.15) is 12.4 Å². The lowest BCUT2D eigenvalue weighted by atomic mass is 9.98. The van der Waals surface area contributed by atoms with Crippen molar-refractivity contribution in [1.29, 1.82) is 0 Å². The van der Waals surface area contributed by atoms with Crippen molar-refractivity contribution >= 4 is 28.6 Å². The van der Waals surface area contributed by atoms with Crippen LogP contribution in [-0.4, -0.2) is 29.3 Å². The number of benzene rings is 4. The Balaban J connectivity index is 1.29. The molecular formula is C40H41NO6. The normalized spacial score (nSPS) is 11.7. The van der Waals surface area contributed by atoms with Gasteiger partial charge in [0.15, 0.2) is 5.78 Å². The second-order valence-corrected chi connectivity index (χ2v) is 12.0. The molecule has 0 radical (unpaired) electrons. The number of aryl methyl sites for hydroxylation is 1. The van der Waals surface area contributed by atoms with Crippen LogP contribution in [0.2, 0.25) is 0 Å². The second-order valence-electron chi connectivity index (χ2n) is 12.0. The summed E-state index contributed by atoms with van der Waals surface area (Å²) in [7, 11) is 0. The van der Waals surface area contributed by atoms with Crippen LogP contribution in [0, 0.1) is 5.92 Å². The number of aromatic nitrogens is 1. The molecule has 0 bridgehead atoms. The Bertz CT molecular complexity index is 1790. The molecule has 1 heterocycles. The van der Waals surface area contributed by atoms with Crippen molar-refractivity contribution in [3.63, 3.8) is 0 Å². The number of ether oxygens (including phenoxy) is 3. The number of hydrogen-bond acceptors (Lipinski definition) is 6. The predicted molar refractivity (Wildman–Crippen MR) is 182 cm³/mol. The molecular weight excluding hydrogens is 590 g/mol. The number of aromatic amines is 1. The SMILES string of the molecule is CCOC(=O)C(Oc1ccc(C(=O)c2c(CCCC(=O)OCc3ccccc3)[nH]c3ccccc23)cc1)c1ccc(CC(C)C)cc1. The smallest absolute Gasteiger partial charge is 0.352 e. The maximum Gasteiger partial charge on any atom is 0.352 e. The number of esters is 2. The molecule has 0 aliphatic carbocycles. The minimum atomic E-state index is -0.941. The number of H-pyrrole nitrogens is 1. The van der Waals surface area contributed by atoms with Gasteiger partial charge in [-0.3, -0.25) is 9.59 Å². The van der Waals surface area contributed by atoms with Crippen LogP contribution in [0.1, 0.15) is 78.0 Å². The van der Waals surface area contributed by atoms with E-state index in [0.717, 1.165) is 28.6 Å². The highest BCUT2D eigenvalue weighted by molar-refractivity contribution is 6.17. The minimum absolute atomic E-state index is 0.140. The van der Waals surface area contributed by atoms with Crippen molar-refractivity contribution in [3.05, 3.63) is 137 Å². The number of ketones is 1. The Morgan fingerprint density at radius 2 is 1.47 bits per heavy atom. The minimum Gasteiger partial charge on any atom is -0.474 e. The fourth-order valence-electron chi connectivity index (χ4n) is 5.60.